The van der Waals surface area contributed by atoms with Gasteiger partial charge in [0, 0.05) is 13.2 Å². The third-order valence-corrected chi connectivity index (χ3v) is 3.63. The number of likely N-dealkylation sites (tertiary alicyclic amines) is 1. The highest BCUT2D eigenvalue weighted by atomic mass is 16.5. The molecule has 2 saturated heterocycles. The Morgan fingerprint density at radius 2 is 2.38 bits per heavy atom. The number of hydrogen-bond acceptors (Lipinski definition) is 3. The van der Waals surface area contributed by atoms with E-state index < -0.39 is 0 Å². The molecule has 4 nitrogen and oxygen atoms in total. The first-order valence-electron chi connectivity index (χ1n) is 6.13. The molecule has 16 heavy (non-hydrogen) atoms. The lowest BCUT2D eigenvalue weighted by atomic mass is 10.0. The van der Waals surface area contributed by atoms with Crippen molar-refractivity contribution in [2.45, 2.75) is 38.0 Å². The molecule has 2 aliphatic rings. The Morgan fingerprint density at radius 1 is 1.44 bits per heavy atom. The van der Waals surface area contributed by atoms with Gasteiger partial charge in [-0.25, -0.2) is 4.68 Å². The Labute approximate surface area is 96.2 Å². The summed E-state index contributed by atoms with van der Waals surface area (Å²) in [5.74, 6) is 0. The van der Waals surface area contributed by atoms with E-state index in [2.05, 4.69) is 23.2 Å². The third-order valence-electron chi connectivity index (χ3n) is 3.63. The molecular weight excluding hydrogens is 202 g/mol. The van der Waals surface area contributed by atoms with Gasteiger partial charge in [0.1, 0.15) is 0 Å². The van der Waals surface area contributed by atoms with Crippen LogP contribution >= 0.6 is 0 Å². The van der Waals surface area contributed by atoms with Crippen LogP contribution in [0, 0.1) is 6.20 Å². The van der Waals surface area contributed by atoms with Gasteiger partial charge in [0.2, 0.25) is 0 Å². The Balaban J connectivity index is 1.71. The molecular formula is C12H18N3O. The molecule has 1 aromatic rings. The molecule has 1 aromatic heterocycles. The van der Waals surface area contributed by atoms with E-state index in [0.717, 1.165) is 18.7 Å². The summed E-state index contributed by atoms with van der Waals surface area (Å²) in [6.07, 6.45) is 8.01. The van der Waals surface area contributed by atoms with Crippen LogP contribution in [0.4, 0.5) is 0 Å². The Hall–Kier alpha value is -0.870. The molecule has 0 aliphatic carbocycles. The quantitative estimate of drug-likeness (QED) is 0.760. The van der Waals surface area contributed by atoms with E-state index in [0.29, 0.717) is 6.04 Å². The summed E-state index contributed by atoms with van der Waals surface area (Å²) >= 11 is 0. The van der Waals surface area contributed by atoms with Gasteiger partial charge in [-0.3, -0.25) is 4.90 Å². The molecule has 87 valence electrons. The number of rotatable bonds is 2. The highest BCUT2D eigenvalue weighted by Crippen LogP contribution is 2.31. The van der Waals surface area contributed by atoms with E-state index in [1.165, 1.54) is 25.8 Å². The molecule has 0 spiro atoms. The van der Waals surface area contributed by atoms with Gasteiger partial charge in [-0.2, -0.15) is 5.10 Å². The molecule has 0 N–H and O–H groups in total. The van der Waals surface area contributed by atoms with Crippen LogP contribution in [0.2, 0.25) is 0 Å². The third kappa shape index (κ3) is 1.76. The Morgan fingerprint density at radius 3 is 3.00 bits per heavy atom. The molecule has 3 rings (SSSR count). The lowest BCUT2D eigenvalue weighted by molar-refractivity contribution is -0.0406. The standard InChI is InChI=1S/C12H18N3O/c1-14-7-6-11(14)10-5-8-15(13-10)12-4-2-3-9-16-12/h5,11-12H,2-4,6-7,9H2,1H3. The predicted octanol–water partition coefficient (Wildman–Crippen LogP) is 1.76. The van der Waals surface area contributed by atoms with Gasteiger partial charge >= 0.3 is 0 Å². The SMILES string of the molecule is CN1CCC1c1c[c]n(C2CCCCO2)n1. The molecule has 0 amide bonds. The zero-order valence-corrected chi connectivity index (χ0v) is 9.72. The smallest absolute Gasteiger partial charge is 0.150 e. The first-order chi connectivity index (χ1) is 7.84. The van der Waals surface area contributed by atoms with Crippen LogP contribution in [-0.4, -0.2) is 34.9 Å². The molecule has 4 heteroatoms. The van der Waals surface area contributed by atoms with E-state index >= 15 is 0 Å². The van der Waals surface area contributed by atoms with Gasteiger partial charge in [0.05, 0.1) is 17.9 Å². The summed E-state index contributed by atoms with van der Waals surface area (Å²) in [6.45, 7) is 2.04. The fourth-order valence-corrected chi connectivity index (χ4v) is 2.43. The van der Waals surface area contributed by atoms with Crippen LogP contribution in [0.25, 0.3) is 0 Å². The van der Waals surface area contributed by atoms with Crippen LogP contribution in [0.1, 0.15) is 43.6 Å². The van der Waals surface area contributed by atoms with Crippen molar-refractivity contribution in [3.05, 3.63) is 18.0 Å². The predicted molar refractivity (Wildman–Crippen MR) is 59.9 cm³/mol. The van der Waals surface area contributed by atoms with Gasteiger partial charge in [0.25, 0.3) is 0 Å². The second-order valence-electron chi connectivity index (χ2n) is 4.75. The molecule has 2 aliphatic heterocycles. The summed E-state index contributed by atoms with van der Waals surface area (Å²) in [7, 11) is 2.14. The minimum Gasteiger partial charge on any atom is -0.356 e. The molecule has 2 atom stereocenters. The van der Waals surface area contributed by atoms with Crippen molar-refractivity contribution >= 4 is 0 Å². The van der Waals surface area contributed by atoms with Crippen molar-refractivity contribution < 1.29 is 4.74 Å². The van der Waals surface area contributed by atoms with E-state index in [-0.39, 0.29) is 6.23 Å². The zero-order valence-electron chi connectivity index (χ0n) is 9.72. The molecule has 2 fully saturated rings. The Kier molecular flexibility index (Phi) is 2.69. The largest absolute Gasteiger partial charge is 0.356 e. The van der Waals surface area contributed by atoms with Crippen molar-refractivity contribution in [2.75, 3.05) is 20.2 Å². The van der Waals surface area contributed by atoms with E-state index in [4.69, 9.17) is 4.74 Å². The maximum Gasteiger partial charge on any atom is 0.150 e. The molecule has 2 unspecified atom stereocenters. The van der Waals surface area contributed by atoms with Gasteiger partial charge in [-0.1, -0.05) is 0 Å². The van der Waals surface area contributed by atoms with Crippen molar-refractivity contribution in [3.8, 4) is 0 Å². The molecule has 1 radical (unpaired) electrons. The molecule has 0 aromatic carbocycles. The topological polar surface area (TPSA) is 30.3 Å². The lowest BCUT2D eigenvalue weighted by Crippen LogP contribution is -2.37. The summed E-state index contributed by atoms with van der Waals surface area (Å²) in [5, 5.41) is 4.60. The van der Waals surface area contributed by atoms with Crippen molar-refractivity contribution in [1.82, 2.24) is 14.7 Å². The van der Waals surface area contributed by atoms with Gasteiger partial charge in [-0.15, -0.1) is 0 Å². The van der Waals surface area contributed by atoms with Crippen LogP contribution in [-0.2, 0) is 4.74 Å². The number of hydrogen-bond donors (Lipinski definition) is 0. The fourth-order valence-electron chi connectivity index (χ4n) is 2.43. The first-order valence-corrected chi connectivity index (χ1v) is 6.13. The fraction of sp³-hybridized carbons (Fsp3) is 0.750. The average Bonchev–Trinajstić information content (AvgIpc) is 2.77. The minimum absolute atomic E-state index is 0.118. The maximum atomic E-state index is 5.69. The molecule has 0 bridgehead atoms. The monoisotopic (exact) mass is 220 g/mol. The van der Waals surface area contributed by atoms with Crippen molar-refractivity contribution in [1.29, 1.82) is 0 Å². The number of ether oxygens (including phenoxy) is 1. The number of nitrogens with zero attached hydrogens (tertiary/aromatic N) is 3. The summed E-state index contributed by atoms with van der Waals surface area (Å²) in [6, 6.07) is 2.51. The maximum absolute atomic E-state index is 5.69. The minimum atomic E-state index is 0.118. The second kappa shape index (κ2) is 4.18. The van der Waals surface area contributed by atoms with Gasteiger partial charge < -0.3 is 4.74 Å². The first kappa shape index (κ1) is 10.3. The van der Waals surface area contributed by atoms with Crippen LogP contribution < -0.4 is 0 Å². The lowest BCUT2D eigenvalue weighted by Gasteiger charge is -2.36. The van der Waals surface area contributed by atoms with Gasteiger partial charge in [0.15, 0.2) is 6.23 Å². The zero-order chi connectivity index (χ0) is 11.0. The molecule has 0 saturated carbocycles. The Bertz CT molecular complexity index is 357. The number of aromatic nitrogens is 2. The highest BCUT2D eigenvalue weighted by Gasteiger charge is 2.28. The van der Waals surface area contributed by atoms with E-state index in [1.807, 2.05) is 10.7 Å². The summed E-state index contributed by atoms with van der Waals surface area (Å²) < 4.78 is 7.57. The van der Waals surface area contributed by atoms with Crippen molar-refractivity contribution in [3.63, 3.8) is 0 Å². The van der Waals surface area contributed by atoms with Gasteiger partial charge in [-0.05, 0) is 38.8 Å². The van der Waals surface area contributed by atoms with Crippen molar-refractivity contribution in [2.24, 2.45) is 0 Å². The van der Waals surface area contributed by atoms with Crippen LogP contribution in [0.15, 0.2) is 6.07 Å². The van der Waals surface area contributed by atoms with E-state index in [1.54, 1.807) is 0 Å². The summed E-state index contributed by atoms with van der Waals surface area (Å²) in [4.78, 5) is 2.32. The highest BCUT2D eigenvalue weighted by molar-refractivity contribution is 5.08. The van der Waals surface area contributed by atoms with E-state index in [9.17, 15) is 0 Å². The second-order valence-corrected chi connectivity index (χ2v) is 4.75. The van der Waals surface area contributed by atoms with Crippen LogP contribution in [0.5, 0.6) is 0 Å². The average molecular weight is 220 g/mol. The normalized spacial score (nSPS) is 31.3. The van der Waals surface area contributed by atoms with Crippen LogP contribution in [0.3, 0.4) is 0 Å². The molecule has 3 heterocycles. The summed E-state index contributed by atoms with van der Waals surface area (Å²) in [5.41, 5.74) is 1.14.